The molecule has 118 valence electrons. The molecule has 0 saturated carbocycles. The molecule has 0 aliphatic carbocycles. The molecule has 2 aliphatic rings. The minimum atomic E-state index is -2.40. The maximum atomic E-state index is 5.96. The first kappa shape index (κ1) is 17.1. The van der Waals surface area contributed by atoms with Gasteiger partial charge in [-0.3, -0.25) is 0 Å². The minimum absolute atomic E-state index is 0.619. The standard InChI is InChI=1S/C6H20O9Si5/c1-6(2)10-19-12-18(9-5)14-20(15-19)13-17(8-4)11-16(6)7-3/h16-20H,1-5H3. The highest BCUT2D eigenvalue weighted by Gasteiger charge is 2.49. The molecule has 5 atom stereocenters. The van der Waals surface area contributed by atoms with Gasteiger partial charge in [0, 0.05) is 21.3 Å². The van der Waals surface area contributed by atoms with E-state index in [4.69, 9.17) is 38.3 Å². The molecule has 2 heterocycles. The van der Waals surface area contributed by atoms with Gasteiger partial charge >= 0.3 is 47.4 Å². The molecule has 20 heavy (non-hydrogen) atoms. The quantitative estimate of drug-likeness (QED) is 0.495. The molecule has 2 rings (SSSR count). The zero-order chi connectivity index (χ0) is 14.8. The lowest BCUT2D eigenvalue weighted by Gasteiger charge is -2.35. The summed E-state index contributed by atoms with van der Waals surface area (Å²) in [5.74, 6) is 0. The van der Waals surface area contributed by atoms with Gasteiger partial charge in [-0.2, -0.15) is 0 Å². The van der Waals surface area contributed by atoms with Crippen LogP contribution in [0.4, 0.5) is 0 Å². The number of hydrogen-bond acceptors (Lipinski definition) is 9. The first-order chi connectivity index (χ1) is 9.48. The summed E-state index contributed by atoms with van der Waals surface area (Å²) < 4.78 is 50.4. The highest BCUT2D eigenvalue weighted by atomic mass is 28.5. The van der Waals surface area contributed by atoms with Crippen LogP contribution in [0.1, 0.15) is 13.8 Å². The van der Waals surface area contributed by atoms with E-state index in [1.807, 2.05) is 13.8 Å². The van der Waals surface area contributed by atoms with Crippen molar-refractivity contribution in [3.8, 4) is 0 Å². The fraction of sp³-hybridized carbons (Fsp3) is 1.00. The van der Waals surface area contributed by atoms with Gasteiger partial charge in [-0.05, 0) is 13.8 Å². The Morgan fingerprint density at radius 2 is 1.25 bits per heavy atom. The second kappa shape index (κ2) is 7.33. The normalized spacial score (nSPS) is 41.5. The molecule has 0 aromatic rings. The van der Waals surface area contributed by atoms with Crippen LogP contribution in [0, 0.1) is 0 Å². The van der Waals surface area contributed by atoms with E-state index in [1.165, 1.54) is 7.11 Å². The van der Waals surface area contributed by atoms with Crippen molar-refractivity contribution in [1.82, 2.24) is 0 Å². The number of fused-ring (bicyclic) bond motifs is 2. The molecular formula is C6H20O9Si5. The van der Waals surface area contributed by atoms with E-state index in [2.05, 4.69) is 0 Å². The molecule has 0 aromatic heterocycles. The third-order valence-electron chi connectivity index (χ3n) is 2.69. The monoisotopic (exact) mass is 376 g/mol. The average molecular weight is 377 g/mol. The summed E-state index contributed by atoms with van der Waals surface area (Å²) in [5.41, 5.74) is 0. The summed E-state index contributed by atoms with van der Waals surface area (Å²) in [7, 11) is -6.89. The summed E-state index contributed by atoms with van der Waals surface area (Å²) in [6, 6.07) is 0. The van der Waals surface area contributed by atoms with Gasteiger partial charge in [-0.25, -0.2) is 0 Å². The van der Waals surface area contributed by atoms with Gasteiger partial charge in [-0.15, -0.1) is 0 Å². The van der Waals surface area contributed by atoms with Crippen LogP contribution >= 0.6 is 0 Å². The lowest BCUT2D eigenvalue weighted by atomic mass is 10.5. The second-order valence-corrected chi connectivity index (χ2v) is 16.1. The Hall–Kier alpha value is 0.724. The molecule has 2 aliphatic heterocycles. The molecule has 14 heteroatoms. The summed E-state index contributed by atoms with van der Waals surface area (Å²) in [6.07, 6.45) is 0. The lowest BCUT2D eigenvalue weighted by Crippen LogP contribution is -2.56. The second-order valence-electron chi connectivity index (χ2n) is 4.60. The molecule has 0 spiro atoms. The van der Waals surface area contributed by atoms with Crippen LogP contribution in [0.3, 0.4) is 0 Å². The number of hydrogen-bond donors (Lipinski definition) is 0. The highest BCUT2D eigenvalue weighted by molar-refractivity contribution is 6.71. The van der Waals surface area contributed by atoms with Crippen LogP contribution in [0.2, 0.25) is 0 Å². The first-order valence-electron chi connectivity index (χ1n) is 6.02. The van der Waals surface area contributed by atoms with E-state index < -0.39 is 52.6 Å². The zero-order valence-electron chi connectivity index (χ0n) is 12.1. The van der Waals surface area contributed by atoms with Crippen LogP contribution in [0.5, 0.6) is 0 Å². The summed E-state index contributed by atoms with van der Waals surface area (Å²) in [5, 5.41) is -0.619. The van der Waals surface area contributed by atoms with Crippen LogP contribution in [-0.4, -0.2) is 73.9 Å². The lowest BCUT2D eigenvalue weighted by molar-refractivity contribution is 0.0528. The molecule has 0 amide bonds. The fourth-order valence-electron chi connectivity index (χ4n) is 1.74. The van der Waals surface area contributed by atoms with Gasteiger partial charge in [0.1, 0.15) is 0 Å². The third-order valence-corrected chi connectivity index (χ3v) is 15.2. The van der Waals surface area contributed by atoms with Crippen molar-refractivity contribution in [2.45, 2.75) is 19.1 Å². The minimum Gasteiger partial charge on any atom is -0.399 e. The first-order valence-corrected chi connectivity index (χ1v) is 13.2. The molecule has 9 nitrogen and oxygen atoms in total. The Balaban J connectivity index is 2.19. The van der Waals surface area contributed by atoms with Crippen LogP contribution in [0.25, 0.3) is 0 Å². The van der Waals surface area contributed by atoms with Gasteiger partial charge < -0.3 is 38.3 Å². The Bertz CT molecular complexity index is 321. The molecule has 5 unspecified atom stereocenters. The maximum absolute atomic E-state index is 5.96. The molecule has 0 aromatic carbocycles. The van der Waals surface area contributed by atoms with Crippen molar-refractivity contribution in [3.63, 3.8) is 0 Å². The van der Waals surface area contributed by atoms with E-state index in [0.717, 1.165) is 0 Å². The zero-order valence-corrected chi connectivity index (χ0v) is 17.8. The predicted octanol–water partition coefficient (Wildman–Crippen LogP) is -2.54. The van der Waals surface area contributed by atoms with Crippen LogP contribution < -0.4 is 0 Å². The van der Waals surface area contributed by atoms with E-state index in [0.29, 0.717) is 0 Å². The van der Waals surface area contributed by atoms with E-state index >= 15 is 0 Å². The molecule has 2 saturated heterocycles. The molecule has 2 bridgehead atoms. The van der Waals surface area contributed by atoms with Crippen molar-refractivity contribution in [2.24, 2.45) is 0 Å². The molecule has 0 N–H and O–H groups in total. The smallest absolute Gasteiger partial charge is 0.399 e. The van der Waals surface area contributed by atoms with Crippen LogP contribution in [-0.2, 0) is 38.3 Å². The molecular weight excluding hydrogens is 356 g/mol. The third kappa shape index (κ3) is 4.13. The van der Waals surface area contributed by atoms with Gasteiger partial charge in [0.15, 0.2) is 0 Å². The highest BCUT2D eigenvalue weighted by Crippen LogP contribution is 2.23. The van der Waals surface area contributed by atoms with Crippen molar-refractivity contribution in [3.05, 3.63) is 0 Å². The Kier molecular flexibility index (Phi) is 6.26. The van der Waals surface area contributed by atoms with E-state index in [9.17, 15) is 0 Å². The maximum Gasteiger partial charge on any atom is 0.469 e. The van der Waals surface area contributed by atoms with Gasteiger partial charge in [0.2, 0.25) is 0 Å². The van der Waals surface area contributed by atoms with Crippen molar-refractivity contribution in [1.29, 1.82) is 0 Å². The Labute approximate surface area is 126 Å². The summed E-state index contributed by atoms with van der Waals surface area (Å²) in [6.45, 7) is 3.80. The van der Waals surface area contributed by atoms with E-state index in [-0.39, 0.29) is 0 Å². The number of rotatable bonds is 3. The SMILES string of the molecule is CO[SiH]1O[SiH]2O[SiH](OC)O[SiH](OC)C(C)(C)O[SiH](O1)O2. The topological polar surface area (TPSA) is 83.1 Å². The Morgan fingerprint density at radius 1 is 0.700 bits per heavy atom. The fourth-order valence-corrected chi connectivity index (χ4v) is 16.3. The van der Waals surface area contributed by atoms with E-state index in [1.54, 1.807) is 14.2 Å². The van der Waals surface area contributed by atoms with Crippen molar-refractivity contribution < 1.29 is 38.3 Å². The summed E-state index contributed by atoms with van der Waals surface area (Å²) >= 11 is 0. The largest absolute Gasteiger partial charge is 0.469 e. The van der Waals surface area contributed by atoms with Gasteiger partial charge in [-0.1, -0.05) is 0 Å². The molecule has 2 fully saturated rings. The van der Waals surface area contributed by atoms with Gasteiger partial charge in [0.05, 0.1) is 5.22 Å². The van der Waals surface area contributed by atoms with Gasteiger partial charge in [0.25, 0.3) is 0 Å². The van der Waals surface area contributed by atoms with Crippen LogP contribution in [0.15, 0.2) is 0 Å². The average Bonchev–Trinajstić information content (AvgIpc) is 2.44. The van der Waals surface area contributed by atoms with Crippen molar-refractivity contribution >= 4 is 47.4 Å². The summed E-state index contributed by atoms with van der Waals surface area (Å²) in [4.78, 5) is 0. The molecule has 0 radical (unpaired) electrons. The van der Waals surface area contributed by atoms with Crippen molar-refractivity contribution in [2.75, 3.05) is 21.3 Å². The predicted molar refractivity (Wildman–Crippen MR) is 77.4 cm³/mol. The Morgan fingerprint density at radius 3 is 1.80 bits per heavy atom.